The molecule has 0 bridgehead atoms. The molecule has 1 amide bonds. The number of rotatable bonds is 4. The van der Waals surface area contributed by atoms with Crippen molar-refractivity contribution >= 4 is 23.6 Å². The van der Waals surface area contributed by atoms with E-state index < -0.39 is 0 Å². The zero-order valence-electron chi connectivity index (χ0n) is 10.5. The van der Waals surface area contributed by atoms with Gasteiger partial charge >= 0.3 is 0 Å². The lowest BCUT2D eigenvalue weighted by Crippen LogP contribution is -2.24. The predicted molar refractivity (Wildman–Crippen MR) is 75.8 cm³/mol. The van der Waals surface area contributed by atoms with Gasteiger partial charge in [-0.05, 0) is 42.8 Å². The van der Waals surface area contributed by atoms with Gasteiger partial charge in [-0.2, -0.15) is 0 Å². The van der Waals surface area contributed by atoms with E-state index in [1.807, 2.05) is 25.1 Å². The van der Waals surface area contributed by atoms with Crippen molar-refractivity contribution in [2.45, 2.75) is 13.0 Å². The molecule has 0 unspecified atom stereocenters. The van der Waals surface area contributed by atoms with E-state index in [1.165, 1.54) is 6.08 Å². The number of carbonyl (C=O) groups is 1. The Kier molecular flexibility index (Phi) is 4.42. The van der Waals surface area contributed by atoms with E-state index in [0.29, 0.717) is 5.02 Å². The highest BCUT2D eigenvalue weighted by molar-refractivity contribution is 6.30. The maximum atomic E-state index is 11.7. The molecule has 19 heavy (non-hydrogen) atoms. The second-order valence-electron chi connectivity index (χ2n) is 4.13. The van der Waals surface area contributed by atoms with Gasteiger partial charge in [0, 0.05) is 11.1 Å². The fraction of sp³-hybridized carbons (Fsp3) is 0.133. The van der Waals surface area contributed by atoms with Crippen LogP contribution >= 0.6 is 11.6 Å². The molecular weight excluding hydrogens is 262 g/mol. The molecule has 4 heteroatoms. The van der Waals surface area contributed by atoms with Crippen LogP contribution in [0.2, 0.25) is 5.02 Å². The average molecular weight is 276 g/mol. The molecule has 0 fully saturated rings. The average Bonchev–Trinajstić information content (AvgIpc) is 2.90. The molecule has 1 aromatic carbocycles. The van der Waals surface area contributed by atoms with Gasteiger partial charge in [0.25, 0.3) is 0 Å². The molecule has 0 saturated heterocycles. The van der Waals surface area contributed by atoms with Crippen LogP contribution in [0.25, 0.3) is 6.08 Å². The number of halogens is 1. The zero-order valence-corrected chi connectivity index (χ0v) is 11.2. The standard InChI is InChI=1S/C15H14ClNO2/c1-11(14-6-3-9-19-14)17-15(18)8-7-12-4-2-5-13(16)10-12/h2-11H,1H3,(H,17,18)/b8-7+/t11-/m0/s1. The summed E-state index contributed by atoms with van der Waals surface area (Å²) in [5.41, 5.74) is 0.883. The number of carbonyl (C=O) groups excluding carboxylic acids is 1. The summed E-state index contributed by atoms with van der Waals surface area (Å²) in [6.07, 6.45) is 4.78. The number of hydrogen-bond acceptors (Lipinski definition) is 2. The van der Waals surface area contributed by atoms with E-state index in [4.69, 9.17) is 16.0 Å². The molecule has 2 aromatic rings. The first-order valence-electron chi connectivity index (χ1n) is 5.93. The zero-order chi connectivity index (χ0) is 13.7. The van der Waals surface area contributed by atoms with Crippen molar-refractivity contribution in [3.05, 3.63) is 65.1 Å². The summed E-state index contributed by atoms with van der Waals surface area (Å²) < 4.78 is 5.22. The van der Waals surface area contributed by atoms with Gasteiger partial charge in [0.15, 0.2) is 0 Å². The van der Waals surface area contributed by atoms with Crippen LogP contribution in [-0.4, -0.2) is 5.91 Å². The summed E-state index contributed by atoms with van der Waals surface area (Å²) in [6, 6.07) is 10.8. The number of benzene rings is 1. The maximum absolute atomic E-state index is 11.7. The first-order valence-corrected chi connectivity index (χ1v) is 6.30. The van der Waals surface area contributed by atoms with Gasteiger partial charge in [0.2, 0.25) is 5.91 Å². The number of amides is 1. The molecule has 1 heterocycles. The molecule has 1 N–H and O–H groups in total. The highest BCUT2D eigenvalue weighted by Crippen LogP contribution is 2.13. The fourth-order valence-corrected chi connectivity index (χ4v) is 1.85. The minimum absolute atomic E-state index is 0.161. The molecule has 0 radical (unpaired) electrons. The Balaban J connectivity index is 1.94. The van der Waals surface area contributed by atoms with Crippen LogP contribution < -0.4 is 5.32 Å². The monoisotopic (exact) mass is 275 g/mol. The molecule has 0 aliphatic rings. The van der Waals surface area contributed by atoms with Crippen molar-refractivity contribution in [3.8, 4) is 0 Å². The van der Waals surface area contributed by atoms with Crippen molar-refractivity contribution in [3.63, 3.8) is 0 Å². The molecule has 0 aliphatic carbocycles. The molecule has 0 spiro atoms. The molecule has 98 valence electrons. The van der Waals surface area contributed by atoms with E-state index in [9.17, 15) is 4.79 Å². The van der Waals surface area contributed by atoms with Crippen LogP contribution in [0.1, 0.15) is 24.3 Å². The van der Waals surface area contributed by atoms with E-state index >= 15 is 0 Å². The van der Waals surface area contributed by atoms with Crippen LogP contribution in [0.15, 0.2) is 53.2 Å². The third-order valence-electron chi connectivity index (χ3n) is 2.60. The van der Waals surface area contributed by atoms with E-state index in [0.717, 1.165) is 11.3 Å². The Bertz CT molecular complexity index is 576. The minimum atomic E-state index is -0.177. The highest BCUT2D eigenvalue weighted by Gasteiger charge is 2.09. The first kappa shape index (κ1) is 13.4. The topological polar surface area (TPSA) is 42.2 Å². The van der Waals surface area contributed by atoms with E-state index in [-0.39, 0.29) is 11.9 Å². The van der Waals surface area contributed by atoms with E-state index in [2.05, 4.69) is 5.32 Å². The summed E-state index contributed by atoms with van der Waals surface area (Å²) >= 11 is 5.87. The Morgan fingerprint density at radius 1 is 1.37 bits per heavy atom. The molecule has 3 nitrogen and oxygen atoms in total. The van der Waals surface area contributed by atoms with Crippen molar-refractivity contribution in [1.82, 2.24) is 5.32 Å². The van der Waals surface area contributed by atoms with Crippen molar-refractivity contribution < 1.29 is 9.21 Å². The van der Waals surface area contributed by atoms with Gasteiger partial charge in [-0.3, -0.25) is 4.79 Å². The number of nitrogens with one attached hydrogen (secondary N) is 1. The fourth-order valence-electron chi connectivity index (χ4n) is 1.65. The van der Waals surface area contributed by atoms with E-state index in [1.54, 1.807) is 30.5 Å². The first-order chi connectivity index (χ1) is 9.15. The highest BCUT2D eigenvalue weighted by atomic mass is 35.5. The molecule has 0 aliphatic heterocycles. The second-order valence-corrected chi connectivity index (χ2v) is 4.57. The Morgan fingerprint density at radius 3 is 2.89 bits per heavy atom. The van der Waals surface area contributed by atoms with Gasteiger partial charge in [-0.15, -0.1) is 0 Å². The smallest absolute Gasteiger partial charge is 0.244 e. The summed E-state index contributed by atoms with van der Waals surface area (Å²) in [4.78, 5) is 11.7. The lowest BCUT2D eigenvalue weighted by Gasteiger charge is -2.08. The van der Waals surface area contributed by atoms with Crippen molar-refractivity contribution in [2.75, 3.05) is 0 Å². The molecule has 1 atom stereocenters. The summed E-state index contributed by atoms with van der Waals surface area (Å²) in [6.45, 7) is 1.87. The SMILES string of the molecule is C[C@H](NC(=O)/C=C/c1cccc(Cl)c1)c1ccco1. The lowest BCUT2D eigenvalue weighted by molar-refractivity contribution is -0.117. The molecule has 1 aromatic heterocycles. The molecule has 2 rings (SSSR count). The van der Waals surface area contributed by atoms with Crippen LogP contribution in [0.4, 0.5) is 0 Å². The van der Waals surface area contributed by atoms with Crippen molar-refractivity contribution in [2.24, 2.45) is 0 Å². The third-order valence-corrected chi connectivity index (χ3v) is 2.84. The summed E-state index contributed by atoms with van der Waals surface area (Å²) in [7, 11) is 0. The third kappa shape index (κ3) is 4.00. The van der Waals surface area contributed by atoms with Gasteiger partial charge in [-0.25, -0.2) is 0 Å². The maximum Gasteiger partial charge on any atom is 0.244 e. The number of hydrogen-bond donors (Lipinski definition) is 1. The largest absolute Gasteiger partial charge is 0.467 e. The number of furan rings is 1. The Morgan fingerprint density at radius 2 is 2.21 bits per heavy atom. The van der Waals surface area contributed by atoms with Gasteiger partial charge < -0.3 is 9.73 Å². The lowest BCUT2D eigenvalue weighted by atomic mass is 10.2. The van der Waals surface area contributed by atoms with Gasteiger partial charge in [0.1, 0.15) is 5.76 Å². The van der Waals surface area contributed by atoms with Gasteiger partial charge in [0.05, 0.1) is 12.3 Å². The molecular formula is C15H14ClNO2. The summed E-state index contributed by atoms with van der Waals surface area (Å²) in [5.74, 6) is 0.549. The van der Waals surface area contributed by atoms with Crippen LogP contribution in [-0.2, 0) is 4.79 Å². The normalized spacial score (nSPS) is 12.5. The van der Waals surface area contributed by atoms with Crippen molar-refractivity contribution in [1.29, 1.82) is 0 Å². The second kappa shape index (κ2) is 6.25. The van der Waals surface area contributed by atoms with Gasteiger partial charge in [-0.1, -0.05) is 23.7 Å². The van der Waals surface area contributed by atoms with Crippen LogP contribution in [0.3, 0.4) is 0 Å². The Labute approximate surface area is 116 Å². The Hall–Kier alpha value is -2.00. The summed E-state index contributed by atoms with van der Waals surface area (Å²) in [5, 5.41) is 3.46. The predicted octanol–water partition coefficient (Wildman–Crippen LogP) is 3.82. The van der Waals surface area contributed by atoms with Crippen LogP contribution in [0, 0.1) is 0 Å². The minimum Gasteiger partial charge on any atom is -0.467 e. The molecule has 0 saturated carbocycles. The van der Waals surface area contributed by atoms with Crippen LogP contribution in [0.5, 0.6) is 0 Å². The quantitative estimate of drug-likeness (QED) is 0.862.